The van der Waals surface area contributed by atoms with Gasteiger partial charge in [0.15, 0.2) is 0 Å². The summed E-state index contributed by atoms with van der Waals surface area (Å²) in [6.45, 7) is 16.9. The molecular weight excluding hydrogens is 456 g/mol. The quantitative estimate of drug-likeness (QED) is 0.164. The van der Waals surface area contributed by atoms with E-state index in [2.05, 4.69) is 138 Å². The molecule has 0 amide bonds. The summed E-state index contributed by atoms with van der Waals surface area (Å²) < 4.78 is 0. The molecule has 38 heavy (non-hydrogen) atoms. The molecule has 0 atom stereocenters. The molecule has 0 aliphatic heterocycles. The summed E-state index contributed by atoms with van der Waals surface area (Å²) in [7, 11) is 0. The highest BCUT2D eigenvalue weighted by Gasteiger charge is 2.23. The number of allylic oxidation sites excluding steroid dienone is 4. The molecule has 0 fully saturated rings. The van der Waals surface area contributed by atoms with Gasteiger partial charge in [-0.05, 0) is 117 Å². The van der Waals surface area contributed by atoms with Crippen LogP contribution in [0.4, 0.5) is 0 Å². The van der Waals surface area contributed by atoms with Crippen LogP contribution in [0.3, 0.4) is 0 Å². The Morgan fingerprint density at radius 2 is 0.842 bits per heavy atom. The Hall–Kier alpha value is -4.42. The molecule has 0 heteroatoms. The zero-order valence-corrected chi connectivity index (χ0v) is 22.8. The lowest BCUT2D eigenvalue weighted by Crippen LogP contribution is -2.01. The van der Waals surface area contributed by atoms with Gasteiger partial charge in [0.2, 0.25) is 0 Å². The van der Waals surface area contributed by atoms with Crippen molar-refractivity contribution in [2.45, 2.75) is 27.7 Å². The van der Waals surface area contributed by atoms with Gasteiger partial charge in [0, 0.05) is 0 Å². The van der Waals surface area contributed by atoms with Crippen molar-refractivity contribution in [1.82, 2.24) is 0 Å². The molecule has 0 radical (unpaired) electrons. The Bertz CT molecular complexity index is 1600. The first-order valence-electron chi connectivity index (χ1n) is 13.2. The van der Waals surface area contributed by atoms with Crippen molar-refractivity contribution in [3.8, 4) is 22.3 Å². The average Bonchev–Trinajstić information content (AvgIpc) is 2.90. The Balaban J connectivity index is 2.15. The summed E-state index contributed by atoms with van der Waals surface area (Å²) in [6.07, 6.45) is 12.3. The van der Waals surface area contributed by atoms with Gasteiger partial charge >= 0.3 is 0 Å². The van der Waals surface area contributed by atoms with Crippen LogP contribution in [0, 0.1) is 27.7 Å². The van der Waals surface area contributed by atoms with Crippen molar-refractivity contribution >= 4 is 33.7 Å². The van der Waals surface area contributed by atoms with Crippen LogP contribution in [-0.4, -0.2) is 0 Å². The third-order valence-electron chi connectivity index (χ3n) is 7.51. The van der Waals surface area contributed by atoms with Crippen LogP contribution < -0.4 is 0 Å². The van der Waals surface area contributed by atoms with E-state index in [0.717, 1.165) is 0 Å². The third kappa shape index (κ3) is 4.33. The van der Waals surface area contributed by atoms with Gasteiger partial charge in [-0.25, -0.2) is 0 Å². The molecular formula is C38H34. The largest absolute Gasteiger partial charge is 0.0991 e. The molecule has 0 unspecified atom stereocenters. The van der Waals surface area contributed by atoms with Gasteiger partial charge in [0.1, 0.15) is 0 Å². The predicted octanol–water partition coefficient (Wildman–Crippen LogP) is 11.0. The average molecular weight is 491 g/mol. The predicted molar refractivity (Wildman–Crippen MR) is 170 cm³/mol. The van der Waals surface area contributed by atoms with Crippen molar-refractivity contribution in [2.24, 2.45) is 0 Å². The molecule has 0 nitrogen and oxygen atoms in total. The molecule has 0 bridgehead atoms. The van der Waals surface area contributed by atoms with Crippen molar-refractivity contribution < 1.29 is 0 Å². The first-order chi connectivity index (χ1) is 18.5. The van der Waals surface area contributed by atoms with Gasteiger partial charge in [-0.1, -0.05) is 110 Å². The normalized spacial score (nSPS) is 11.7. The van der Waals surface area contributed by atoms with Gasteiger partial charge in [-0.15, -0.1) is 0 Å². The number of rotatable bonds is 6. The first kappa shape index (κ1) is 25.2. The van der Waals surface area contributed by atoms with E-state index >= 15 is 0 Å². The van der Waals surface area contributed by atoms with Crippen LogP contribution in [0.5, 0.6) is 0 Å². The molecule has 0 aliphatic rings. The van der Waals surface area contributed by atoms with E-state index in [-0.39, 0.29) is 0 Å². The highest BCUT2D eigenvalue weighted by atomic mass is 14.3. The minimum atomic E-state index is 1.20. The highest BCUT2D eigenvalue weighted by molar-refractivity contribution is 6.16. The molecule has 5 aromatic carbocycles. The monoisotopic (exact) mass is 490 g/mol. The number of hydrogen-bond acceptors (Lipinski definition) is 0. The molecule has 5 rings (SSSR count). The second kappa shape index (κ2) is 10.5. The number of benzene rings is 5. The zero-order valence-electron chi connectivity index (χ0n) is 22.8. The van der Waals surface area contributed by atoms with Crippen molar-refractivity contribution in [1.29, 1.82) is 0 Å². The zero-order chi connectivity index (χ0) is 26.8. The Kier molecular flexibility index (Phi) is 6.99. The fourth-order valence-corrected chi connectivity index (χ4v) is 5.84. The topological polar surface area (TPSA) is 0 Å². The summed E-state index contributed by atoms with van der Waals surface area (Å²) in [6, 6.07) is 26.6. The lowest BCUT2D eigenvalue weighted by Gasteiger charge is -2.24. The lowest BCUT2D eigenvalue weighted by molar-refractivity contribution is 1.37. The summed E-state index contributed by atoms with van der Waals surface area (Å²) in [5.74, 6) is 0. The molecule has 0 aromatic heterocycles. The highest BCUT2D eigenvalue weighted by Crippen LogP contribution is 2.47. The van der Waals surface area contributed by atoms with E-state index in [0.29, 0.717) is 0 Å². The van der Waals surface area contributed by atoms with Crippen LogP contribution in [-0.2, 0) is 0 Å². The maximum Gasteiger partial charge on any atom is -0.00208 e. The minimum absolute atomic E-state index is 1.20. The van der Waals surface area contributed by atoms with E-state index in [1.807, 2.05) is 12.2 Å². The molecule has 0 saturated carbocycles. The smallest absolute Gasteiger partial charge is 0.00208 e. The third-order valence-corrected chi connectivity index (χ3v) is 7.51. The van der Waals surface area contributed by atoms with Gasteiger partial charge < -0.3 is 0 Å². The standard InChI is InChI=1S/C38H34/c1-7-9-21-31-32(22-10-8-2)38(36-27(5)17-14-18-28(36)6)34-24-30-20-12-11-19-29(30)23-33(34)37(31)35-25(3)15-13-16-26(35)4/h7-24H,1-2H2,3-6H3/b21-9+,22-10+. The van der Waals surface area contributed by atoms with Crippen molar-refractivity contribution in [3.05, 3.63) is 144 Å². The number of fused-ring (bicyclic) bond motifs is 2. The van der Waals surface area contributed by atoms with E-state index < -0.39 is 0 Å². The molecule has 0 spiro atoms. The first-order valence-corrected chi connectivity index (χ1v) is 13.2. The summed E-state index contributed by atoms with van der Waals surface area (Å²) in [4.78, 5) is 0. The maximum atomic E-state index is 4.00. The second-order valence-corrected chi connectivity index (χ2v) is 10.0. The SMILES string of the molecule is C=C/C=C/c1c(/C=C/C=C)c(-c2c(C)cccc2C)c2cc3ccccc3cc2c1-c1c(C)cccc1C. The molecule has 0 N–H and O–H groups in total. The van der Waals surface area contributed by atoms with E-state index in [4.69, 9.17) is 0 Å². The fraction of sp³-hybridized carbons (Fsp3) is 0.105. The Labute approximate surface area is 227 Å². The Morgan fingerprint density at radius 3 is 1.18 bits per heavy atom. The van der Waals surface area contributed by atoms with Crippen LogP contribution in [0.25, 0.3) is 56.0 Å². The van der Waals surface area contributed by atoms with Crippen LogP contribution >= 0.6 is 0 Å². The van der Waals surface area contributed by atoms with E-state index in [9.17, 15) is 0 Å². The molecule has 0 aliphatic carbocycles. The summed E-state index contributed by atoms with van der Waals surface area (Å²) in [5, 5.41) is 5.01. The van der Waals surface area contributed by atoms with E-state index in [1.165, 1.54) is 77.2 Å². The van der Waals surface area contributed by atoms with E-state index in [1.54, 1.807) is 0 Å². The van der Waals surface area contributed by atoms with Crippen molar-refractivity contribution in [2.75, 3.05) is 0 Å². The summed E-state index contributed by atoms with van der Waals surface area (Å²) in [5.41, 5.74) is 12.6. The van der Waals surface area contributed by atoms with Gasteiger partial charge in [-0.3, -0.25) is 0 Å². The lowest BCUT2D eigenvalue weighted by atomic mass is 9.79. The van der Waals surface area contributed by atoms with Gasteiger partial charge in [0.05, 0.1) is 0 Å². The van der Waals surface area contributed by atoms with Gasteiger partial charge in [-0.2, -0.15) is 0 Å². The maximum absolute atomic E-state index is 4.00. The molecule has 186 valence electrons. The fourth-order valence-electron chi connectivity index (χ4n) is 5.84. The number of aryl methyl sites for hydroxylation is 4. The molecule has 5 aromatic rings. The number of hydrogen-bond donors (Lipinski definition) is 0. The van der Waals surface area contributed by atoms with Crippen LogP contribution in [0.1, 0.15) is 33.4 Å². The van der Waals surface area contributed by atoms with Crippen molar-refractivity contribution in [3.63, 3.8) is 0 Å². The second-order valence-electron chi connectivity index (χ2n) is 10.0. The summed E-state index contributed by atoms with van der Waals surface area (Å²) >= 11 is 0. The van der Waals surface area contributed by atoms with Crippen LogP contribution in [0.15, 0.2) is 110 Å². The minimum Gasteiger partial charge on any atom is -0.0991 e. The molecule has 0 saturated heterocycles. The van der Waals surface area contributed by atoms with Crippen LogP contribution in [0.2, 0.25) is 0 Å². The Morgan fingerprint density at radius 1 is 0.474 bits per heavy atom. The molecule has 0 heterocycles. The van der Waals surface area contributed by atoms with Gasteiger partial charge in [0.25, 0.3) is 0 Å².